The summed E-state index contributed by atoms with van der Waals surface area (Å²) in [4.78, 5) is 11.5. The highest BCUT2D eigenvalue weighted by atomic mass is 16.5. The van der Waals surface area contributed by atoms with E-state index < -0.39 is 6.09 Å². The molecule has 1 amide bonds. The van der Waals surface area contributed by atoms with E-state index in [-0.39, 0.29) is 6.61 Å². The largest absolute Gasteiger partial charge is 0.444 e. The van der Waals surface area contributed by atoms with Crippen molar-refractivity contribution in [2.24, 2.45) is 5.73 Å². The van der Waals surface area contributed by atoms with Crippen LogP contribution in [0.4, 0.5) is 10.5 Å². The van der Waals surface area contributed by atoms with E-state index in [1.165, 1.54) is 6.20 Å². The van der Waals surface area contributed by atoms with Crippen LogP contribution in [0.1, 0.15) is 0 Å². The molecule has 0 fully saturated rings. The normalized spacial score (nSPS) is 11.2. The molecule has 0 bridgehead atoms. The summed E-state index contributed by atoms with van der Waals surface area (Å²) in [6, 6.07) is 9.09. The van der Waals surface area contributed by atoms with Gasteiger partial charge < -0.3 is 10.5 Å². The van der Waals surface area contributed by atoms with Gasteiger partial charge in [0, 0.05) is 5.69 Å². The smallest absolute Gasteiger partial charge is 0.411 e. The number of para-hydroxylation sites is 1. The first-order valence-electron chi connectivity index (χ1n) is 5.45. The van der Waals surface area contributed by atoms with Crippen molar-refractivity contribution in [2.45, 2.75) is 0 Å². The molecule has 1 aromatic rings. The molecule has 0 radical (unpaired) electrons. The lowest BCUT2D eigenvalue weighted by Gasteiger charge is -2.07. The molecule has 18 heavy (non-hydrogen) atoms. The Kier molecular flexibility index (Phi) is 5.83. The molecule has 0 atom stereocenters. The van der Waals surface area contributed by atoms with Gasteiger partial charge in [0.25, 0.3) is 0 Å². The van der Waals surface area contributed by atoms with Crippen molar-refractivity contribution in [2.75, 3.05) is 11.9 Å². The third-order valence-corrected chi connectivity index (χ3v) is 2.03. The summed E-state index contributed by atoms with van der Waals surface area (Å²) in [6.07, 6.45) is 5.85. The van der Waals surface area contributed by atoms with Gasteiger partial charge in [-0.25, -0.2) is 4.79 Å². The summed E-state index contributed by atoms with van der Waals surface area (Å²) in [5.74, 6) is 0. The van der Waals surface area contributed by atoms with Gasteiger partial charge in [-0.05, 0) is 30.0 Å². The number of carbonyl (C=O) groups is 1. The lowest BCUT2D eigenvalue weighted by molar-refractivity contribution is 0.172. The zero-order valence-electron chi connectivity index (χ0n) is 10.0. The van der Waals surface area contributed by atoms with E-state index in [0.29, 0.717) is 5.69 Å². The van der Waals surface area contributed by atoms with Gasteiger partial charge in [0.15, 0.2) is 0 Å². The number of ether oxygens (including phenoxy) is 1. The molecule has 1 rings (SSSR count). The fourth-order valence-electron chi connectivity index (χ4n) is 1.25. The van der Waals surface area contributed by atoms with Crippen molar-refractivity contribution in [3.05, 3.63) is 66.9 Å². The number of benzene rings is 1. The topological polar surface area (TPSA) is 64.3 Å². The van der Waals surface area contributed by atoms with Gasteiger partial charge in [0.05, 0.1) is 0 Å². The maximum Gasteiger partial charge on any atom is 0.411 e. The molecule has 4 nitrogen and oxygen atoms in total. The molecule has 0 heterocycles. The SMILES string of the molecule is C=C/C=C(\C=C/N)COC(=O)Nc1ccccc1. The Morgan fingerprint density at radius 3 is 2.72 bits per heavy atom. The second-order valence-corrected chi connectivity index (χ2v) is 3.40. The Labute approximate surface area is 106 Å². The molecule has 94 valence electrons. The van der Waals surface area contributed by atoms with E-state index in [4.69, 9.17) is 10.5 Å². The van der Waals surface area contributed by atoms with Crippen LogP contribution in [0.2, 0.25) is 0 Å². The first-order valence-corrected chi connectivity index (χ1v) is 5.45. The number of nitrogens with two attached hydrogens (primary N) is 1. The van der Waals surface area contributed by atoms with Gasteiger partial charge in [-0.15, -0.1) is 0 Å². The fourth-order valence-corrected chi connectivity index (χ4v) is 1.25. The van der Waals surface area contributed by atoms with Crippen molar-refractivity contribution in [1.82, 2.24) is 0 Å². The molecule has 3 N–H and O–H groups in total. The number of rotatable bonds is 5. The van der Waals surface area contributed by atoms with E-state index in [1.54, 1.807) is 30.4 Å². The monoisotopic (exact) mass is 244 g/mol. The number of hydrogen-bond donors (Lipinski definition) is 2. The highest BCUT2D eigenvalue weighted by Crippen LogP contribution is 2.06. The number of nitrogens with one attached hydrogen (secondary N) is 1. The van der Waals surface area contributed by atoms with Crippen LogP contribution in [0.3, 0.4) is 0 Å². The minimum absolute atomic E-state index is 0.137. The van der Waals surface area contributed by atoms with Crippen LogP contribution in [-0.4, -0.2) is 12.7 Å². The minimum atomic E-state index is -0.512. The van der Waals surface area contributed by atoms with Crippen LogP contribution < -0.4 is 11.1 Å². The highest BCUT2D eigenvalue weighted by molar-refractivity contribution is 5.84. The van der Waals surface area contributed by atoms with E-state index in [2.05, 4.69) is 11.9 Å². The van der Waals surface area contributed by atoms with Crippen LogP contribution in [0.5, 0.6) is 0 Å². The quantitative estimate of drug-likeness (QED) is 0.783. The number of carbonyl (C=O) groups excluding carboxylic acids is 1. The van der Waals surface area contributed by atoms with Gasteiger partial charge in [-0.3, -0.25) is 5.32 Å². The predicted molar refractivity (Wildman–Crippen MR) is 73.0 cm³/mol. The van der Waals surface area contributed by atoms with Crippen molar-refractivity contribution in [1.29, 1.82) is 0 Å². The van der Waals surface area contributed by atoms with Crippen LogP contribution in [0.15, 0.2) is 66.9 Å². The van der Waals surface area contributed by atoms with E-state index in [1.807, 2.05) is 18.2 Å². The average molecular weight is 244 g/mol. The third-order valence-electron chi connectivity index (χ3n) is 2.03. The number of hydrogen-bond acceptors (Lipinski definition) is 3. The Hall–Kier alpha value is -2.49. The van der Waals surface area contributed by atoms with E-state index >= 15 is 0 Å². The molecule has 0 unspecified atom stereocenters. The van der Waals surface area contributed by atoms with Crippen LogP contribution in [-0.2, 0) is 4.74 Å². The molecule has 4 heteroatoms. The molecule has 0 spiro atoms. The van der Waals surface area contributed by atoms with Crippen molar-refractivity contribution < 1.29 is 9.53 Å². The molecular weight excluding hydrogens is 228 g/mol. The van der Waals surface area contributed by atoms with Crippen LogP contribution in [0, 0.1) is 0 Å². The third kappa shape index (κ3) is 5.03. The first-order chi connectivity index (χ1) is 8.76. The predicted octanol–water partition coefficient (Wildman–Crippen LogP) is 2.82. The summed E-state index contributed by atoms with van der Waals surface area (Å²) < 4.78 is 5.04. The molecule has 0 saturated carbocycles. The second kappa shape index (κ2) is 7.73. The maximum absolute atomic E-state index is 11.5. The van der Waals surface area contributed by atoms with E-state index in [0.717, 1.165) is 5.57 Å². The molecule has 0 aromatic heterocycles. The fraction of sp³-hybridized carbons (Fsp3) is 0.0714. The van der Waals surface area contributed by atoms with Crippen LogP contribution >= 0.6 is 0 Å². The summed E-state index contributed by atoms with van der Waals surface area (Å²) >= 11 is 0. The molecule has 0 aliphatic rings. The minimum Gasteiger partial charge on any atom is -0.444 e. The Bertz CT molecular complexity index is 450. The Morgan fingerprint density at radius 2 is 2.11 bits per heavy atom. The van der Waals surface area contributed by atoms with Gasteiger partial charge in [0.2, 0.25) is 0 Å². The van der Waals surface area contributed by atoms with Crippen LogP contribution in [0.25, 0.3) is 0 Å². The van der Waals surface area contributed by atoms with Gasteiger partial charge in [-0.2, -0.15) is 0 Å². The highest BCUT2D eigenvalue weighted by Gasteiger charge is 2.03. The zero-order valence-corrected chi connectivity index (χ0v) is 10.0. The summed E-state index contributed by atoms with van der Waals surface area (Å²) in [7, 11) is 0. The molecule has 0 aliphatic heterocycles. The van der Waals surface area contributed by atoms with Gasteiger partial charge >= 0.3 is 6.09 Å². The molecular formula is C14H16N2O2. The maximum atomic E-state index is 11.5. The summed E-state index contributed by atoms with van der Waals surface area (Å²) in [6.45, 7) is 3.71. The van der Waals surface area contributed by atoms with Crippen molar-refractivity contribution in [3.63, 3.8) is 0 Å². The summed E-state index contributed by atoms with van der Waals surface area (Å²) in [5.41, 5.74) is 6.72. The van der Waals surface area contributed by atoms with Crippen molar-refractivity contribution in [3.8, 4) is 0 Å². The zero-order chi connectivity index (χ0) is 13.2. The molecule has 1 aromatic carbocycles. The summed E-state index contributed by atoms with van der Waals surface area (Å²) in [5, 5.41) is 2.61. The molecule has 0 aliphatic carbocycles. The average Bonchev–Trinajstić information content (AvgIpc) is 2.38. The molecule has 0 saturated heterocycles. The lowest BCUT2D eigenvalue weighted by atomic mass is 10.2. The number of amides is 1. The number of allylic oxidation sites excluding steroid dienone is 2. The standard InChI is InChI=1S/C14H16N2O2/c1-2-6-12(9-10-15)11-18-14(17)16-13-7-4-3-5-8-13/h2-10H,1,11,15H2,(H,16,17)/b10-9-,12-6+. The van der Waals surface area contributed by atoms with Gasteiger partial charge in [0.1, 0.15) is 6.61 Å². The van der Waals surface area contributed by atoms with E-state index in [9.17, 15) is 4.79 Å². The Balaban J connectivity index is 2.46. The lowest BCUT2D eigenvalue weighted by Crippen LogP contribution is -2.14. The first kappa shape index (κ1) is 13.6. The van der Waals surface area contributed by atoms with Crippen molar-refractivity contribution >= 4 is 11.8 Å². The Morgan fingerprint density at radius 1 is 1.39 bits per heavy atom. The van der Waals surface area contributed by atoms with Gasteiger partial charge in [-0.1, -0.05) is 36.9 Å². The number of anilines is 1. The second-order valence-electron chi connectivity index (χ2n) is 3.40.